The minimum absolute atomic E-state index is 0.325. The molecule has 1 aromatic heterocycles. The Morgan fingerprint density at radius 2 is 2.18 bits per heavy atom. The number of aliphatic carboxylic acids is 1. The summed E-state index contributed by atoms with van der Waals surface area (Å²) in [5, 5.41) is 9.06. The van der Waals surface area contributed by atoms with Gasteiger partial charge < -0.3 is 9.84 Å². The molecule has 5 nitrogen and oxygen atoms in total. The largest absolute Gasteiger partial charge is 0.481 e. The van der Waals surface area contributed by atoms with E-state index in [1.54, 1.807) is 19.9 Å². The van der Waals surface area contributed by atoms with Gasteiger partial charge in [-0.15, -0.1) is 0 Å². The highest BCUT2D eigenvalue weighted by Crippen LogP contribution is 2.19. The standard InChI is InChI=1S/C12H18N2O3/c1-4-6-17-10-7-8(3)13-11(14-10)9(5-2)12(15)16/h7,9H,4-6H2,1-3H3,(H,15,16). The molecule has 1 rings (SSSR count). The Morgan fingerprint density at radius 1 is 1.47 bits per heavy atom. The molecule has 5 heteroatoms. The van der Waals surface area contributed by atoms with Crippen LogP contribution in [0.2, 0.25) is 0 Å². The molecule has 0 aromatic carbocycles. The van der Waals surface area contributed by atoms with E-state index in [2.05, 4.69) is 9.97 Å². The van der Waals surface area contributed by atoms with Gasteiger partial charge in [-0.05, 0) is 19.8 Å². The van der Waals surface area contributed by atoms with Crippen LogP contribution in [-0.2, 0) is 4.79 Å². The van der Waals surface area contributed by atoms with Gasteiger partial charge in [0, 0.05) is 11.8 Å². The summed E-state index contributed by atoms with van der Waals surface area (Å²) < 4.78 is 5.41. The molecule has 0 bridgehead atoms. The lowest BCUT2D eigenvalue weighted by Gasteiger charge is -2.11. The van der Waals surface area contributed by atoms with Crippen molar-refractivity contribution in [2.75, 3.05) is 6.61 Å². The van der Waals surface area contributed by atoms with E-state index < -0.39 is 11.9 Å². The first-order chi connectivity index (χ1) is 8.08. The van der Waals surface area contributed by atoms with Gasteiger partial charge in [0.1, 0.15) is 11.7 Å². The summed E-state index contributed by atoms with van der Waals surface area (Å²) in [6.45, 7) is 6.18. The van der Waals surface area contributed by atoms with E-state index in [9.17, 15) is 4.79 Å². The van der Waals surface area contributed by atoms with Crippen molar-refractivity contribution >= 4 is 5.97 Å². The molecule has 0 saturated heterocycles. The van der Waals surface area contributed by atoms with Crippen LogP contribution >= 0.6 is 0 Å². The molecule has 17 heavy (non-hydrogen) atoms. The Balaban J connectivity index is 2.98. The van der Waals surface area contributed by atoms with Crippen molar-refractivity contribution in [2.45, 2.75) is 39.5 Å². The van der Waals surface area contributed by atoms with E-state index in [0.29, 0.717) is 24.7 Å². The molecule has 1 heterocycles. The summed E-state index contributed by atoms with van der Waals surface area (Å²) in [5.74, 6) is -0.793. The van der Waals surface area contributed by atoms with Gasteiger partial charge in [-0.1, -0.05) is 13.8 Å². The average Bonchev–Trinajstić information content (AvgIpc) is 2.26. The fourth-order valence-electron chi connectivity index (χ4n) is 1.47. The van der Waals surface area contributed by atoms with Crippen LogP contribution in [0.5, 0.6) is 5.88 Å². The summed E-state index contributed by atoms with van der Waals surface area (Å²) in [6, 6.07) is 1.72. The van der Waals surface area contributed by atoms with Crippen LogP contribution < -0.4 is 4.74 Å². The predicted molar refractivity (Wildman–Crippen MR) is 63.2 cm³/mol. The third-order valence-corrected chi connectivity index (χ3v) is 2.32. The van der Waals surface area contributed by atoms with Crippen molar-refractivity contribution in [3.63, 3.8) is 0 Å². The number of hydrogen-bond donors (Lipinski definition) is 1. The Bertz CT molecular complexity index is 393. The second kappa shape index (κ2) is 6.18. The first kappa shape index (κ1) is 13.4. The molecular formula is C12H18N2O3. The molecule has 1 aromatic rings. The zero-order valence-corrected chi connectivity index (χ0v) is 10.4. The number of rotatable bonds is 6. The molecule has 0 aliphatic carbocycles. The van der Waals surface area contributed by atoms with Crippen molar-refractivity contribution in [2.24, 2.45) is 0 Å². The van der Waals surface area contributed by atoms with E-state index in [1.807, 2.05) is 6.92 Å². The number of nitrogens with zero attached hydrogens (tertiary/aromatic N) is 2. The van der Waals surface area contributed by atoms with E-state index in [4.69, 9.17) is 9.84 Å². The second-order valence-corrected chi connectivity index (χ2v) is 3.85. The van der Waals surface area contributed by atoms with Gasteiger partial charge in [-0.25, -0.2) is 4.98 Å². The van der Waals surface area contributed by atoms with E-state index in [0.717, 1.165) is 12.1 Å². The molecule has 0 aliphatic heterocycles. The molecule has 0 fully saturated rings. The molecule has 1 unspecified atom stereocenters. The van der Waals surface area contributed by atoms with Crippen LogP contribution in [0.1, 0.15) is 44.1 Å². The number of aryl methyl sites for hydroxylation is 1. The van der Waals surface area contributed by atoms with E-state index >= 15 is 0 Å². The lowest BCUT2D eigenvalue weighted by molar-refractivity contribution is -0.139. The summed E-state index contributed by atoms with van der Waals surface area (Å²) in [4.78, 5) is 19.4. The number of carbonyl (C=O) groups is 1. The van der Waals surface area contributed by atoms with Crippen molar-refractivity contribution in [3.8, 4) is 5.88 Å². The molecule has 94 valence electrons. The molecule has 1 atom stereocenters. The summed E-state index contributed by atoms with van der Waals surface area (Å²) in [7, 11) is 0. The zero-order chi connectivity index (χ0) is 12.8. The number of hydrogen-bond acceptors (Lipinski definition) is 4. The second-order valence-electron chi connectivity index (χ2n) is 3.85. The Kier molecular flexibility index (Phi) is 4.87. The maximum absolute atomic E-state index is 11.0. The van der Waals surface area contributed by atoms with Crippen LogP contribution in [0.4, 0.5) is 0 Å². The minimum atomic E-state index is -0.903. The monoisotopic (exact) mass is 238 g/mol. The molecule has 0 amide bonds. The van der Waals surface area contributed by atoms with Gasteiger partial charge in [0.05, 0.1) is 6.61 Å². The molecule has 0 spiro atoms. The van der Waals surface area contributed by atoms with Gasteiger partial charge >= 0.3 is 5.97 Å². The number of carboxylic acids is 1. The predicted octanol–water partition coefficient (Wildman–Crippen LogP) is 2.15. The van der Waals surface area contributed by atoms with Crippen molar-refractivity contribution in [1.29, 1.82) is 0 Å². The molecule has 0 aliphatic rings. The normalized spacial score (nSPS) is 12.2. The summed E-state index contributed by atoms with van der Waals surface area (Å²) >= 11 is 0. The molecule has 0 radical (unpaired) electrons. The van der Waals surface area contributed by atoms with Gasteiger partial charge in [-0.2, -0.15) is 4.98 Å². The third kappa shape index (κ3) is 3.69. The van der Waals surface area contributed by atoms with Gasteiger partial charge in [-0.3, -0.25) is 4.79 Å². The lowest BCUT2D eigenvalue weighted by atomic mass is 10.1. The quantitative estimate of drug-likeness (QED) is 0.822. The topological polar surface area (TPSA) is 72.3 Å². The Labute approximate surface area is 101 Å². The van der Waals surface area contributed by atoms with Crippen molar-refractivity contribution in [3.05, 3.63) is 17.6 Å². The maximum Gasteiger partial charge on any atom is 0.314 e. The summed E-state index contributed by atoms with van der Waals surface area (Å²) in [6.07, 6.45) is 1.35. The minimum Gasteiger partial charge on any atom is -0.481 e. The van der Waals surface area contributed by atoms with Crippen molar-refractivity contribution < 1.29 is 14.6 Å². The Morgan fingerprint density at radius 3 is 2.71 bits per heavy atom. The van der Waals surface area contributed by atoms with Crippen LogP contribution in [0.15, 0.2) is 6.07 Å². The lowest BCUT2D eigenvalue weighted by Crippen LogP contribution is -2.15. The first-order valence-electron chi connectivity index (χ1n) is 5.79. The fourth-order valence-corrected chi connectivity index (χ4v) is 1.47. The van der Waals surface area contributed by atoms with Crippen LogP contribution in [0.3, 0.4) is 0 Å². The maximum atomic E-state index is 11.0. The van der Waals surface area contributed by atoms with Crippen LogP contribution in [-0.4, -0.2) is 27.7 Å². The average molecular weight is 238 g/mol. The van der Waals surface area contributed by atoms with Crippen LogP contribution in [0.25, 0.3) is 0 Å². The van der Waals surface area contributed by atoms with Crippen molar-refractivity contribution in [1.82, 2.24) is 9.97 Å². The van der Waals surface area contributed by atoms with Crippen LogP contribution in [0, 0.1) is 6.92 Å². The van der Waals surface area contributed by atoms with E-state index in [-0.39, 0.29) is 0 Å². The third-order valence-electron chi connectivity index (χ3n) is 2.32. The number of ether oxygens (including phenoxy) is 1. The highest BCUT2D eigenvalue weighted by atomic mass is 16.5. The summed E-state index contributed by atoms with van der Waals surface area (Å²) in [5.41, 5.74) is 0.723. The van der Waals surface area contributed by atoms with E-state index in [1.165, 1.54) is 0 Å². The number of aromatic nitrogens is 2. The van der Waals surface area contributed by atoms with Gasteiger partial charge in [0.15, 0.2) is 0 Å². The zero-order valence-electron chi connectivity index (χ0n) is 10.4. The van der Waals surface area contributed by atoms with Gasteiger partial charge in [0.2, 0.25) is 5.88 Å². The molecular weight excluding hydrogens is 220 g/mol. The SMILES string of the molecule is CCCOc1cc(C)nc(C(CC)C(=O)O)n1. The smallest absolute Gasteiger partial charge is 0.314 e. The fraction of sp³-hybridized carbons (Fsp3) is 0.583. The number of carboxylic acid groups (broad SMARTS) is 1. The highest BCUT2D eigenvalue weighted by molar-refractivity contribution is 5.74. The first-order valence-corrected chi connectivity index (χ1v) is 5.79. The molecule has 1 N–H and O–H groups in total. The highest BCUT2D eigenvalue weighted by Gasteiger charge is 2.21. The molecule has 0 saturated carbocycles. The van der Waals surface area contributed by atoms with Gasteiger partial charge in [0.25, 0.3) is 0 Å². The Hall–Kier alpha value is -1.65.